The summed E-state index contributed by atoms with van der Waals surface area (Å²) in [4.78, 5) is 16.5. The molecule has 198 valence electrons. The number of benzene rings is 1. The average Bonchev–Trinajstić information content (AvgIpc) is 3.18. The Labute approximate surface area is 227 Å². The summed E-state index contributed by atoms with van der Waals surface area (Å²) >= 11 is 9.63. The first-order valence-electron chi connectivity index (χ1n) is 11.8. The Bertz CT molecular complexity index is 1350. The van der Waals surface area contributed by atoms with Gasteiger partial charge in [0.05, 0.1) is 33.7 Å². The molecule has 0 atom stereocenters. The number of halogens is 3. The average molecular weight is 596 g/mol. The molecule has 0 unspecified atom stereocenters. The summed E-state index contributed by atoms with van der Waals surface area (Å²) in [6, 6.07) is 4.16. The first kappa shape index (κ1) is 27.0. The molecule has 9 nitrogen and oxygen atoms in total. The Balaban J connectivity index is 1.56. The van der Waals surface area contributed by atoms with Crippen LogP contribution in [0.15, 0.2) is 40.1 Å². The first-order valence-corrected chi connectivity index (χ1v) is 13.0. The molecule has 3 aromatic rings. The lowest BCUT2D eigenvalue weighted by molar-refractivity contribution is 0.0492. The maximum Gasteiger partial charge on any atom is 0.407 e. The van der Waals surface area contributed by atoms with E-state index in [9.17, 15) is 14.3 Å². The third-order valence-corrected chi connectivity index (χ3v) is 6.67. The van der Waals surface area contributed by atoms with Crippen LogP contribution < -0.4 is 16.4 Å². The largest absolute Gasteiger partial charge is 0.505 e. The number of aromatic hydroxyl groups is 1. The molecule has 0 saturated heterocycles. The molecule has 2 aromatic heterocycles. The molecule has 37 heavy (non-hydrogen) atoms. The second-order valence-electron chi connectivity index (χ2n) is 10.0. The van der Waals surface area contributed by atoms with Crippen LogP contribution in [-0.4, -0.2) is 44.3 Å². The summed E-state index contributed by atoms with van der Waals surface area (Å²) in [6.45, 7) is 5.50. The van der Waals surface area contributed by atoms with Crippen molar-refractivity contribution in [1.29, 1.82) is 0 Å². The number of hydrogen-bond acceptors (Lipinski definition) is 6. The number of hydrogen-bond donors (Lipinski definition) is 4. The third-order valence-electron chi connectivity index (χ3n) is 5.93. The number of amides is 1. The number of amidine groups is 1. The van der Waals surface area contributed by atoms with Gasteiger partial charge in [0.2, 0.25) is 0 Å². The molecule has 4 rings (SSSR count). The standard InChI is InChI=1S/C25H29BrClFN6O3/c1-25(2,3)37-24(36)32-15-6-4-14(5-7-15)31-22-16(11-30-34-12-13(26)8-20(22)34)23(29)33-19-10-18(28)21(35)9-17(19)27/h8-12,14-15,31,35H,4-7H2,1-3H3,(H2,29,33)(H,32,36). The van der Waals surface area contributed by atoms with Gasteiger partial charge in [0, 0.05) is 34.9 Å². The van der Waals surface area contributed by atoms with Crippen LogP contribution in [0, 0.1) is 5.82 Å². The van der Waals surface area contributed by atoms with Crippen LogP contribution in [0.5, 0.6) is 5.75 Å². The lowest BCUT2D eigenvalue weighted by Crippen LogP contribution is -2.42. The van der Waals surface area contributed by atoms with Crippen molar-refractivity contribution in [2.75, 3.05) is 5.32 Å². The molecule has 1 fully saturated rings. The smallest absolute Gasteiger partial charge is 0.407 e. The van der Waals surface area contributed by atoms with Gasteiger partial charge in [0.1, 0.15) is 11.4 Å². The van der Waals surface area contributed by atoms with Gasteiger partial charge < -0.3 is 26.2 Å². The van der Waals surface area contributed by atoms with Crippen LogP contribution in [0.2, 0.25) is 5.02 Å². The number of alkyl carbamates (subject to hydrolysis) is 1. The number of fused-ring (bicyclic) bond motifs is 1. The quantitative estimate of drug-likeness (QED) is 0.216. The van der Waals surface area contributed by atoms with Gasteiger partial charge in [-0.2, -0.15) is 5.10 Å². The van der Waals surface area contributed by atoms with Crippen molar-refractivity contribution in [1.82, 2.24) is 14.9 Å². The van der Waals surface area contributed by atoms with E-state index >= 15 is 0 Å². The molecule has 5 N–H and O–H groups in total. The number of nitrogens with one attached hydrogen (secondary N) is 2. The van der Waals surface area contributed by atoms with Crippen molar-refractivity contribution in [3.63, 3.8) is 0 Å². The van der Waals surface area contributed by atoms with Crippen molar-refractivity contribution in [3.8, 4) is 5.75 Å². The number of phenols is 1. The summed E-state index contributed by atoms with van der Waals surface area (Å²) < 4.78 is 21.8. The number of aromatic nitrogens is 2. The Kier molecular flexibility index (Phi) is 7.84. The Morgan fingerprint density at radius 3 is 2.62 bits per heavy atom. The van der Waals surface area contributed by atoms with E-state index in [4.69, 9.17) is 22.1 Å². The number of carbonyl (C=O) groups excluding carboxylic acids is 1. The summed E-state index contributed by atoms with van der Waals surface area (Å²) in [5.41, 5.74) is 7.93. The third kappa shape index (κ3) is 6.64. The zero-order valence-corrected chi connectivity index (χ0v) is 23.0. The van der Waals surface area contributed by atoms with Crippen molar-refractivity contribution >= 4 is 56.4 Å². The van der Waals surface area contributed by atoms with E-state index in [2.05, 4.69) is 36.7 Å². The monoisotopic (exact) mass is 594 g/mol. The maximum absolute atomic E-state index is 13.9. The lowest BCUT2D eigenvalue weighted by Gasteiger charge is -2.31. The minimum absolute atomic E-state index is 0.0328. The molecule has 1 aromatic carbocycles. The number of nitrogens with zero attached hydrogens (tertiary/aromatic N) is 3. The number of nitrogens with two attached hydrogens (primary N) is 1. The molecule has 0 radical (unpaired) electrons. The second kappa shape index (κ2) is 10.7. The number of rotatable bonds is 5. The van der Waals surface area contributed by atoms with E-state index in [-0.39, 0.29) is 28.6 Å². The highest BCUT2D eigenvalue weighted by molar-refractivity contribution is 9.10. The van der Waals surface area contributed by atoms with Crippen LogP contribution in [0.1, 0.15) is 52.0 Å². The predicted octanol–water partition coefficient (Wildman–Crippen LogP) is 5.88. The lowest BCUT2D eigenvalue weighted by atomic mass is 9.91. The van der Waals surface area contributed by atoms with E-state index in [1.165, 1.54) is 0 Å². The molecule has 12 heteroatoms. The van der Waals surface area contributed by atoms with Gasteiger partial charge in [-0.25, -0.2) is 18.7 Å². The van der Waals surface area contributed by atoms with Crippen molar-refractivity contribution in [2.45, 2.75) is 64.1 Å². The number of ether oxygens (including phenoxy) is 1. The Morgan fingerprint density at radius 1 is 1.27 bits per heavy atom. The fourth-order valence-electron chi connectivity index (χ4n) is 4.23. The van der Waals surface area contributed by atoms with E-state index in [0.717, 1.165) is 53.5 Å². The SMILES string of the molecule is CC(C)(C)OC(=O)NC1CCC(Nc2c(C(N)=Nc3cc(F)c(O)cc3Cl)cnn3cc(Br)cc23)CC1. The second-order valence-corrected chi connectivity index (χ2v) is 11.3. The van der Waals surface area contributed by atoms with Gasteiger partial charge in [-0.1, -0.05) is 11.6 Å². The van der Waals surface area contributed by atoms with Gasteiger partial charge in [-0.05, 0) is 68.5 Å². The fraction of sp³-hybridized carbons (Fsp3) is 0.400. The highest BCUT2D eigenvalue weighted by Crippen LogP contribution is 2.33. The summed E-state index contributed by atoms with van der Waals surface area (Å²) in [5.74, 6) is -1.33. The summed E-state index contributed by atoms with van der Waals surface area (Å²) in [5, 5.41) is 20.6. The number of carbonyl (C=O) groups is 1. The highest BCUT2D eigenvalue weighted by atomic mass is 79.9. The predicted molar refractivity (Wildman–Crippen MR) is 145 cm³/mol. The topological polar surface area (TPSA) is 126 Å². The minimum atomic E-state index is -0.852. The zero-order chi connectivity index (χ0) is 26.9. The first-order chi connectivity index (χ1) is 17.4. The van der Waals surface area contributed by atoms with E-state index in [0.29, 0.717) is 5.56 Å². The van der Waals surface area contributed by atoms with Crippen molar-refractivity contribution in [2.24, 2.45) is 10.7 Å². The van der Waals surface area contributed by atoms with Crippen LogP contribution in [0.25, 0.3) is 5.52 Å². The molecule has 1 saturated carbocycles. The van der Waals surface area contributed by atoms with Crippen LogP contribution in [0.3, 0.4) is 0 Å². The molecular formula is C25H29BrClFN6O3. The van der Waals surface area contributed by atoms with Gasteiger partial charge in [0.25, 0.3) is 0 Å². The normalized spacial score (nSPS) is 18.6. The summed E-state index contributed by atoms with van der Waals surface area (Å²) in [6.07, 6.45) is 6.18. The molecule has 2 heterocycles. The molecule has 0 bridgehead atoms. The van der Waals surface area contributed by atoms with Gasteiger partial charge in [-0.3, -0.25) is 0 Å². The molecule has 1 aliphatic rings. The molecule has 1 aliphatic carbocycles. The minimum Gasteiger partial charge on any atom is -0.505 e. The number of anilines is 1. The van der Waals surface area contributed by atoms with Crippen LogP contribution in [-0.2, 0) is 4.74 Å². The molecular weight excluding hydrogens is 567 g/mol. The highest BCUT2D eigenvalue weighted by Gasteiger charge is 2.26. The van der Waals surface area contributed by atoms with E-state index in [1.807, 2.05) is 33.0 Å². The van der Waals surface area contributed by atoms with Crippen molar-refractivity contribution in [3.05, 3.63) is 51.5 Å². The van der Waals surface area contributed by atoms with Gasteiger partial charge >= 0.3 is 6.09 Å². The Hall–Kier alpha value is -3.05. The van der Waals surface area contributed by atoms with E-state index < -0.39 is 23.3 Å². The maximum atomic E-state index is 13.9. The number of aliphatic imine (C=N–C) groups is 1. The van der Waals surface area contributed by atoms with Gasteiger partial charge in [0.15, 0.2) is 11.6 Å². The summed E-state index contributed by atoms with van der Waals surface area (Å²) in [7, 11) is 0. The zero-order valence-electron chi connectivity index (χ0n) is 20.7. The molecule has 0 spiro atoms. The van der Waals surface area contributed by atoms with Gasteiger partial charge in [-0.15, -0.1) is 0 Å². The molecule has 0 aliphatic heterocycles. The van der Waals surface area contributed by atoms with Crippen molar-refractivity contribution < 1.29 is 19.0 Å². The van der Waals surface area contributed by atoms with Crippen LogP contribution >= 0.6 is 27.5 Å². The van der Waals surface area contributed by atoms with Crippen LogP contribution in [0.4, 0.5) is 20.6 Å². The molecule has 1 amide bonds. The number of phenolic OH excluding ortho intramolecular Hbond substituents is 1. The fourth-order valence-corrected chi connectivity index (χ4v) is 4.84. The van der Waals surface area contributed by atoms with E-state index in [1.54, 1.807) is 10.7 Å². The Morgan fingerprint density at radius 2 is 1.95 bits per heavy atom.